The first-order valence-corrected chi connectivity index (χ1v) is 8.59. The maximum Gasteiger partial charge on any atom is 0.242 e. The first-order valence-electron chi connectivity index (χ1n) is 7.10. The lowest BCUT2D eigenvalue weighted by Crippen LogP contribution is -2.31. The predicted molar refractivity (Wildman–Crippen MR) is 83.6 cm³/mol. The quantitative estimate of drug-likeness (QED) is 0.590. The van der Waals surface area contributed by atoms with E-state index in [1.54, 1.807) is 12.1 Å². The number of anilines is 2. The molecule has 0 heterocycles. The van der Waals surface area contributed by atoms with Crippen molar-refractivity contribution in [3.05, 3.63) is 18.2 Å². The number of nitrogens with two attached hydrogens (primary N) is 1. The SMILES string of the molecule is CNS(=O)(=O)c1cc(N)ccc1NCC1(CO)CCCC1. The number of rotatable bonds is 6. The second-order valence-corrected chi connectivity index (χ2v) is 7.54. The largest absolute Gasteiger partial charge is 0.399 e. The minimum atomic E-state index is -3.58. The normalized spacial score (nSPS) is 17.8. The number of aliphatic hydroxyl groups is 1. The number of nitrogen functional groups attached to an aromatic ring is 1. The molecule has 6 nitrogen and oxygen atoms in total. The van der Waals surface area contributed by atoms with Crippen molar-refractivity contribution < 1.29 is 13.5 Å². The van der Waals surface area contributed by atoms with Crippen LogP contribution in [0.4, 0.5) is 11.4 Å². The smallest absolute Gasteiger partial charge is 0.242 e. The molecule has 2 rings (SSSR count). The zero-order valence-corrected chi connectivity index (χ0v) is 13.0. The molecule has 1 aliphatic rings. The summed E-state index contributed by atoms with van der Waals surface area (Å²) in [5.41, 5.74) is 6.45. The molecule has 0 atom stereocenters. The molecular weight excluding hydrogens is 290 g/mol. The zero-order chi connectivity index (χ0) is 15.5. The molecule has 0 unspecified atom stereocenters. The van der Waals surface area contributed by atoms with E-state index in [4.69, 9.17) is 5.73 Å². The Hall–Kier alpha value is -1.31. The number of aliphatic hydroxyl groups excluding tert-OH is 1. The van der Waals surface area contributed by atoms with E-state index in [1.165, 1.54) is 13.1 Å². The summed E-state index contributed by atoms with van der Waals surface area (Å²) in [6.07, 6.45) is 4.12. The standard InChI is InChI=1S/C14H23N3O3S/c1-16-21(19,20)13-8-11(15)4-5-12(13)17-9-14(10-18)6-2-3-7-14/h4-5,8,16-18H,2-3,6-7,9-10,15H2,1H3. The van der Waals surface area contributed by atoms with E-state index in [2.05, 4.69) is 10.0 Å². The fourth-order valence-corrected chi connectivity index (χ4v) is 3.76. The van der Waals surface area contributed by atoms with E-state index in [-0.39, 0.29) is 16.9 Å². The minimum absolute atomic E-state index is 0.114. The molecule has 1 aromatic rings. The fourth-order valence-electron chi connectivity index (χ4n) is 2.82. The highest BCUT2D eigenvalue weighted by Gasteiger charge is 2.33. The molecule has 0 spiro atoms. The summed E-state index contributed by atoms with van der Waals surface area (Å²) in [6, 6.07) is 4.77. The highest BCUT2D eigenvalue weighted by molar-refractivity contribution is 7.89. The first kappa shape index (κ1) is 16.1. The lowest BCUT2D eigenvalue weighted by molar-refractivity contribution is 0.142. The molecule has 1 aliphatic carbocycles. The number of sulfonamides is 1. The predicted octanol–water partition coefficient (Wildman–Crippen LogP) is 1.14. The van der Waals surface area contributed by atoms with Gasteiger partial charge in [-0.25, -0.2) is 13.1 Å². The van der Waals surface area contributed by atoms with Gasteiger partial charge < -0.3 is 16.2 Å². The number of nitrogens with one attached hydrogen (secondary N) is 2. The van der Waals surface area contributed by atoms with Crippen LogP contribution in [0, 0.1) is 5.41 Å². The molecule has 0 bridgehead atoms. The van der Waals surface area contributed by atoms with Gasteiger partial charge in [0.1, 0.15) is 4.90 Å². The van der Waals surface area contributed by atoms with Gasteiger partial charge in [-0.3, -0.25) is 0 Å². The molecule has 7 heteroatoms. The molecule has 1 saturated carbocycles. The average molecular weight is 313 g/mol. The number of benzene rings is 1. The Kier molecular flexibility index (Phi) is 4.75. The average Bonchev–Trinajstić information content (AvgIpc) is 2.95. The van der Waals surface area contributed by atoms with Crippen LogP contribution in [-0.2, 0) is 10.0 Å². The third-order valence-electron chi connectivity index (χ3n) is 4.22. The van der Waals surface area contributed by atoms with Gasteiger partial charge in [0.15, 0.2) is 0 Å². The second-order valence-electron chi connectivity index (χ2n) is 5.68. The maximum absolute atomic E-state index is 12.1. The Bertz CT molecular complexity index is 595. The van der Waals surface area contributed by atoms with E-state index in [9.17, 15) is 13.5 Å². The van der Waals surface area contributed by atoms with Crippen molar-refractivity contribution in [3.63, 3.8) is 0 Å². The first-order chi connectivity index (χ1) is 9.92. The highest BCUT2D eigenvalue weighted by Crippen LogP contribution is 2.38. The van der Waals surface area contributed by atoms with Crippen LogP contribution < -0.4 is 15.8 Å². The van der Waals surface area contributed by atoms with Crippen molar-refractivity contribution in [1.82, 2.24) is 4.72 Å². The van der Waals surface area contributed by atoms with Crippen LogP contribution in [0.25, 0.3) is 0 Å². The zero-order valence-electron chi connectivity index (χ0n) is 12.2. The van der Waals surface area contributed by atoms with E-state index < -0.39 is 10.0 Å². The van der Waals surface area contributed by atoms with E-state index in [0.717, 1.165) is 25.7 Å². The van der Waals surface area contributed by atoms with Crippen LogP contribution in [-0.4, -0.2) is 33.7 Å². The molecular formula is C14H23N3O3S. The minimum Gasteiger partial charge on any atom is -0.399 e. The molecule has 0 radical (unpaired) electrons. The summed E-state index contributed by atoms with van der Waals surface area (Å²) in [5, 5.41) is 12.8. The maximum atomic E-state index is 12.1. The third-order valence-corrected chi connectivity index (χ3v) is 5.67. The Morgan fingerprint density at radius 2 is 2.00 bits per heavy atom. The number of hydrogen-bond acceptors (Lipinski definition) is 5. The van der Waals surface area contributed by atoms with E-state index in [1.807, 2.05) is 0 Å². The summed E-state index contributed by atoms with van der Waals surface area (Å²) < 4.78 is 26.4. The van der Waals surface area contributed by atoms with Crippen molar-refractivity contribution >= 4 is 21.4 Å². The van der Waals surface area contributed by atoms with Gasteiger partial charge in [-0.1, -0.05) is 12.8 Å². The van der Waals surface area contributed by atoms with Crippen LogP contribution in [0.5, 0.6) is 0 Å². The van der Waals surface area contributed by atoms with Crippen LogP contribution in [0.3, 0.4) is 0 Å². The van der Waals surface area contributed by atoms with Crippen molar-refractivity contribution in [2.75, 3.05) is 31.2 Å². The van der Waals surface area contributed by atoms with Gasteiger partial charge in [-0.15, -0.1) is 0 Å². The summed E-state index contributed by atoms with van der Waals surface area (Å²) in [4.78, 5) is 0.135. The second kappa shape index (κ2) is 6.21. The van der Waals surface area contributed by atoms with E-state index in [0.29, 0.717) is 17.9 Å². The van der Waals surface area contributed by atoms with E-state index >= 15 is 0 Å². The molecule has 118 valence electrons. The molecule has 1 fully saturated rings. The molecule has 21 heavy (non-hydrogen) atoms. The Morgan fingerprint density at radius 1 is 1.33 bits per heavy atom. The van der Waals surface area contributed by atoms with Gasteiger partial charge in [0, 0.05) is 17.6 Å². The van der Waals surface area contributed by atoms with Crippen LogP contribution in [0.15, 0.2) is 23.1 Å². The van der Waals surface area contributed by atoms with Crippen LogP contribution >= 0.6 is 0 Å². The van der Waals surface area contributed by atoms with Crippen molar-refractivity contribution in [2.24, 2.45) is 5.41 Å². The molecule has 0 saturated heterocycles. The van der Waals surface area contributed by atoms with Gasteiger partial charge in [0.2, 0.25) is 10.0 Å². The molecule has 5 N–H and O–H groups in total. The number of hydrogen-bond donors (Lipinski definition) is 4. The van der Waals surface area contributed by atoms with Gasteiger partial charge in [-0.2, -0.15) is 0 Å². The lowest BCUT2D eigenvalue weighted by Gasteiger charge is -2.27. The summed E-state index contributed by atoms with van der Waals surface area (Å²) >= 11 is 0. The molecule has 0 amide bonds. The topological polar surface area (TPSA) is 104 Å². The van der Waals surface area contributed by atoms with Crippen LogP contribution in [0.1, 0.15) is 25.7 Å². The summed E-state index contributed by atoms with van der Waals surface area (Å²) in [6.45, 7) is 0.669. The van der Waals surface area contributed by atoms with Crippen molar-refractivity contribution in [3.8, 4) is 0 Å². The van der Waals surface area contributed by atoms with Gasteiger partial charge >= 0.3 is 0 Å². The Balaban J connectivity index is 2.24. The molecule has 0 aromatic heterocycles. The molecule has 1 aromatic carbocycles. The van der Waals surface area contributed by atoms with Crippen LogP contribution in [0.2, 0.25) is 0 Å². The Labute approximate surface area is 125 Å². The fraction of sp³-hybridized carbons (Fsp3) is 0.571. The van der Waals surface area contributed by atoms with Gasteiger partial charge in [-0.05, 0) is 38.1 Å². The van der Waals surface area contributed by atoms with Crippen molar-refractivity contribution in [2.45, 2.75) is 30.6 Å². The summed E-state index contributed by atoms with van der Waals surface area (Å²) in [7, 11) is -2.21. The third kappa shape index (κ3) is 3.48. The van der Waals surface area contributed by atoms with Gasteiger partial charge in [0.05, 0.1) is 12.3 Å². The lowest BCUT2D eigenvalue weighted by atomic mass is 9.87. The van der Waals surface area contributed by atoms with Gasteiger partial charge in [0.25, 0.3) is 0 Å². The van der Waals surface area contributed by atoms with Crippen molar-refractivity contribution in [1.29, 1.82) is 0 Å². The highest BCUT2D eigenvalue weighted by atomic mass is 32.2. The summed E-state index contributed by atoms with van der Waals surface area (Å²) in [5.74, 6) is 0. The monoisotopic (exact) mass is 313 g/mol. The Morgan fingerprint density at radius 3 is 2.57 bits per heavy atom. The molecule has 0 aliphatic heterocycles.